The second kappa shape index (κ2) is 5.02. The maximum atomic E-state index is 2.31. The van der Waals surface area contributed by atoms with Crippen LogP contribution in [0.3, 0.4) is 0 Å². The van der Waals surface area contributed by atoms with Gasteiger partial charge in [-0.2, -0.15) is 0 Å². The maximum Gasteiger partial charge on any atom is 0.105 e. The minimum Gasteiger partial charge on any atom is -1.00 e. The molecule has 0 spiro atoms. The van der Waals surface area contributed by atoms with Gasteiger partial charge in [-0.3, -0.25) is 0 Å². The zero-order valence-electron chi connectivity index (χ0n) is 10.2. The Kier molecular flexibility index (Phi) is 4.37. The van der Waals surface area contributed by atoms with Crippen molar-refractivity contribution >= 4 is 21.4 Å². The van der Waals surface area contributed by atoms with E-state index in [-0.39, 0.29) is 24.0 Å². The lowest BCUT2D eigenvalue weighted by Crippen LogP contribution is -3.00. The minimum absolute atomic E-state index is 0. The third-order valence-corrected chi connectivity index (χ3v) is 3.53. The van der Waals surface area contributed by atoms with Gasteiger partial charge in [-0.1, -0.05) is 12.1 Å². The highest BCUT2D eigenvalue weighted by Gasteiger charge is 2.13. The number of quaternary nitrogens is 1. The number of nitrogens with zero attached hydrogens (tertiary/aromatic N) is 1. The van der Waals surface area contributed by atoms with Gasteiger partial charge in [0.25, 0.3) is 0 Å². The summed E-state index contributed by atoms with van der Waals surface area (Å²) in [5.41, 5.74) is 2.89. The monoisotopic (exact) mass is 347 g/mol. The number of rotatable bonds is 2. The summed E-state index contributed by atoms with van der Waals surface area (Å²) < 4.78 is 2.40. The Labute approximate surface area is 119 Å². The van der Waals surface area contributed by atoms with E-state index in [4.69, 9.17) is 0 Å². The van der Waals surface area contributed by atoms with Crippen LogP contribution in [0, 0.1) is 6.92 Å². The molecule has 0 saturated heterocycles. The van der Waals surface area contributed by atoms with Crippen LogP contribution < -0.4 is 24.0 Å². The molecular weight excluding hydrogens is 329 g/mol. The lowest BCUT2D eigenvalue weighted by atomic mass is 10.1. The van der Waals surface area contributed by atoms with Crippen LogP contribution in [0.15, 0.2) is 23.6 Å². The molecule has 2 rings (SSSR count). The molecule has 0 fully saturated rings. The molecule has 0 N–H and O–H groups in total. The Bertz CT molecular complexity index is 482. The van der Waals surface area contributed by atoms with Crippen molar-refractivity contribution in [2.75, 3.05) is 21.1 Å². The van der Waals surface area contributed by atoms with Gasteiger partial charge < -0.3 is 28.5 Å². The summed E-state index contributed by atoms with van der Waals surface area (Å²) in [6, 6.07) is 6.56. The predicted octanol–water partition coefficient (Wildman–Crippen LogP) is 0.420. The van der Waals surface area contributed by atoms with E-state index in [0.717, 1.165) is 11.0 Å². The first-order valence-electron chi connectivity index (χ1n) is 5.23. The molecule has 0 amide bonds. The summed E-state index contributed by atoms with van der Waals surface area (Å²) in [4.78, 5) is 0. The number of thiophene rings is 1. The van der Waals surface area contributed by atoms with E-state index in [9.17, 15) is 0 Å². The molecule has 0 unspecified atom stereocenters. The van der Waals surface area contributed by atoms with Crippen LogP contribution in [0.5, 0.6) is 0 Å². The number of aryl methyl sites for hydroxylation is 1. The fourth-order valence-electron chi connectivity index (χ4n) is 1.97. The Morgan fingerprint density at radius 2 is 1.88 bits per heavy atom. The maximum absolute atomic E-state index is 2.31. The first kappa shape index (κ1) is 13.9. The summed E-state index contributed by atoms with van der Waals surface area (Å²) in [7, 11) is 6.71. The molecule has 0 aliphatic heterocycles. The van der Waals surface area contributed by atoms with E-state index in [1.54, 1.807) is 0 Å². The van der Waals surface area contributed by atoms with E-state index >= 15 is 0 Å². The molecule has 0 radical (unpaired) electrons. The predicted molar refractivity (Wildman–Crippen MR) is 68.3 cm³/mol. The highest BCUT2D eigenvalue weighted by atomic mass is 127. The van der Waals surface area contributed by atoms with E-state index in [1.807, 2.05) is 11.3 Å². The number of hydrogen-bond acceptors (Lipinski definition) is 1. The SMILES string of the molecule is Cc1cccc2scc(C[N+](C)(C)C)c12.[I-]. The highest BCUT2D eigenvalue weighted by molar-refractivity contribution is 7.17. The largest absolute Gasteiger partial charge is 1.00 e. The van der Waals surface area contributed by atoms with Gasteiger partial charge in [-0.15, -0.1) is 11.3 Å². The fourth-order valence-corrected chi connectivity index (χ4v) is 3.00. The summed E-state index contributed by atoms with van der Waals surface area (Å²) >= 11 is 1.86. The molecule has 0 saturated carbocycles. The Balaban J connectivity index is 0.00000128. The molecule has 0 bridgehead atoms. The van der Waals surface area contributed by atoms with Gasteiger partial charge >= 0.3 is 0 Å². The first-order chi connectivity index (χ1) is 6.97. The van der Waals surface area contributed by atoms with E-state index in [0.29, 0.717) is 0 Å². The molecule has 0 atom stereocenters. The molecule has 0 aliphatic carbocycles. The molecule has 1 heterocycles. The normalized spacial score (nSPS) is 11.5. The van der Waals surface area contributed by atoms with Crippen LogP contribution in [0.1, 0.15) is 11.1 Å². The Morgan fingerprint density at radius 1 is 1.19 bits per heavy atom. The molecule has 88 valence electrons. The van der Waals surface area contributed by atoms with Crippen molar-refractivity contribution in [2.45, 2.75) is 13.5 Å². The van der Waals surface area contributed by atoms with Crippen LogP contribution in [0.2, 0.25) is 0 Å². The van der Waals surface area contributed by atoms with Crippen LogP contribution in [-0.4, -0.2) is 25.6 Å². The number of benzene rings is 1. The molecule has 1 nitrogen and oxygen atoms in total. The van der Waals surface area contributed by atoms with Crippen LogP contribution >= 0.6 is 11.3 Å². The quantitative estimate of drug-likeness (QED) is 0.546. The topological polar surface area (TPSA) is 0 Å². The smallest absolute Gasteiger partial charge is 0.105 e. The number of fused-ring (bicyclic) bond motifs is 1. The van der Waals surface area contributed by atoms with Crippen LogP contribution in [-0.2, 0) is 6.54 Å². The zero-order valence-corrected chi connectivity index (χ0v) is 13.2. The zero-order chi connectivity index (χ0) is 11.1. The van der Waals surface area contributed by atoms with Gasteiger partial charge in [0.2, 0.25) is 0 Å². The molecule has 0 aliphatic rings. The van der Waals surface area contributed by atoms with Gasteiger partial charge in [-0.25, -0.2) is 0 Å². The second-order valence-electron chi connectivity index (χ2n) is 5.16. The van der Waals surface area contributed by atoms with E-state index < -0.39 is 0 Å². The molecule has 3 heteroatoms. The second-order valence-corrected chi connectivity index (χ2v) is 6.07. The average Bonchev–Trinajstić information content (AvgIpc) is 2.47. The van der Waals surface area contributed by atoms with E-state index in [1.165, 1.54) is 21.2 Å². The number of hydrogen-bond donors (Lipinski definition) is 0. The van der Waals surface area contributed by atoms with Gasteiger partial charge in [-0.05, 0) is 18.6 Å². The van der Waals surface area contributed by atoms with Gasteiger partial charge in [0.1, 0.15) is 6.54 Å². The fraction of sp³-hybridized carbons (Fsp3) is 0.385. The van der Waals surface area contributed by atoms with Crippen molar-refractivity contribution in [1.82, 2.24) is 0 Å². The minimum atomic E-state index is 0. The van der Waals surface area contributed by atoms with Gasteiger partial charge in [0.05, 0.1) is 21.1 Å². The van der Waals surface area contributed by atoms with Crippen molar-refractivity contribution in [1.29, 1.82) is 0 Å². The highest BCUT2D eigenvalue weighted by Crippen LogP contribution is 2.29. The molecule has 16 heavy (non-hydrogen) atoms. The number of halogens is 1. The van der Waals surface area contributed by atoms with Crippen LogP contribution in [0.4, 0.5) is 0 Å². The lowest BCUT2D eigenvalue weighted by Gasteiger charge is -2.23. The first-order valence-corrected chi connectivity index (χ1v) is 6.11. The molecule has 1 aromatic heterocycles. The third kappa shape index (κ3) is 2.96. The van der Waals surface area contributed by atoms with Crippen molar-refractivity contribution < 1.29 is 28.5 Å². The summed E-state index contributed by atoms with van der Waals surface area (Å²) in [5.74, 6) is 0. The molecule has 1 aromatic carbocycles. The summed E-state index contributed by atoms with van der Waals surface area (Å²) in [6.45, 7) is 3.30. The standard InChI is InChI=1S/C13H18NS.HI/c1-10-6-5-7-12-13(10)11(9-15-12)8-14(2,3)4;/h5-7,9H,8H2,1-4H3;1H/q+1;/p-1. The van der Waals surface area contributed by atoms with Crippen molar-refractivity contribution in [3.63, 3.8) is 0 Å². The Hall–Kier alpha value is -0.130. The van der Waals surface area contributed by atoms with Crippen molar-refractivity contribution in [3.8, 4) is 0 Å². The molecule has 2 aromatic rings. The van der Waals surface area contributed by atoms with Crippen LogP contribution in [0.25, 0.3) is 10.1 Å². The van der Waals surface area contributed by atoms with Gasteiger partial charge in [0, 0.05) is 21.0 Å². The summed E-state index contributed by atoms with van der Waals surface area (Å²) in [6.07, 6.45) is 0. The average molecular weight is 347 g/mol. The Morgan fingerprint density at radius 3 is 2.50 bits per heavy atom. The summed E-state index contributed by atoms with van der Waals surface area (Å²) in [5, 5.41) is 3.77. The molecular formula is C13H18INS. The van der Waals surface area contributed by atoms with E-state index in [2.05, 4.69) is 51.6 Å². The third-order valence-electron chi connectivity index (χ3n) is 2.53. The van der Waals surface area contributed by atoms with Gasteiger partial charge in [0.15, 0.2) is 0 Å². The van der Waals surface area contributed by atoms with Crippen molar-refractivity contribution in [2.24, 2.45) is 0 Å². The lowest BCUT2D eigenvalue weighted by molar-refractivity contribution is -0.883. The van der Waals surface area contributed by atoms with Crippen molar-refractivity contribution in [3.05, 3.63) is 34.7 Å².